The summed E-state index contributed by atoms with van der Waals surface area (Å²) in [7, 11) is -4.13. The Morgan fingerprint density at radius 1 is 1.00 bits per heavy atom. The molecule has 2 aliphatic rings. The van der Waals surface area contributed by atoms with Crippen LogP contribution in [0.1, 0.15) is 29.0 Å². The molecule has 2 aromatic rings. The fraction of sp³-hybridized carbons (Fsp3) is 0.381. The second kappa shape index (κ2) is 8.18. The lowest BCUT2D eigenvalue weighted by Crippen LogP contribution is -2.55. The summed E-state index contributed by atoms with van der Waals surface area (Å²) in [6.45, 7) is 2.95. The molecule has 2 saturated heterocycles. The highest BCUT2D eigenvalue weighted by molar-refractivity contribution is 7.89. The van der Waals surface area contributed by atoms with Gasteiger partial charge in [-0.15, -0.1) is 0 Å². The maximum absolute atomic E-state index is 13.1. The lowest BCUT2D eigenvalue weighted by atomic mass is 10.2. The summed E-state index contributed by atoms with van der Waals surface area (Å²) in [4.78, 5) is 41.1. The highest BCUT2D eigenvalue weighted by atomic mass is 32.2. The van der Waals surface area contributed by atoms with Gasteiger partial charge < -0.3 is 14.2 Å². The minimum absolute atomic E-state index is 0.00155. The lowest BCUT2D eigenvalue weighted by molar-refractivity contribution is -0.139. The maximum Gasteiger partial charge on any atom is 0.289 e. The van der Waals surface area contributed by atoms with Crippen molar-refractivity contribution in [1.82, 2.24) is 14.1 Å². The number of piperazine rings is 1. The van der Waals surface area contributed by atoms with Crippen LogP contribution in [0.4, 0.5) is 0 Å². The zero-order valence-corrected chi connectivity index (χ0v) is 17.9. The third kappa shape index (κ3) is 3.95. The van der Waals surface area contributed by atoms with Gasteiger partial charge in [0.1, 0.15) is 6.04 Å². The molecule has 3 amide bonds. The Bertz CT molecular complexity index is 1090. The summed E-state index contributed by atoms with van der Waals surface area (Å²) in [5.74, 6) is -1.01. The molecule has 0 spiro atoms. The zero-order chi connectivity index (χ0) is 22.2. The fourth-order valence-corrected chi connectivity index (χ4v) is 5.50. The Morgan fingerprint density at radius 2 is 1.65 bits per heavy atom. The topological polar surface area (TPSA) is 108 Å². The van der Waals surface area contributed by atoms with Gasteiger partial charge in [-0.1, -0.05) is 17.7 Å². The summed E-state index contributed by atoms with van der Waals surface area (Å²) in [6.07, 6.45) is 1.57. The standard InChI is InChI=1S/C21H23N3O6S/c1-15-4-6-16(7-5-15)31(28,29)24-17(8-9-19(24)25)20(26)22-10-12-23(13-11-22)21(27)18-3-2-14-30-18/h2-7,14,17H,8-13H2,1H3/t17-/m0/s1. The second-order valence-electron chi connectivity index (χ2n) is 7.66. The summed E-state index contributed by atoms with van der Waals surface area (Å²) in [5, 5.41) is 0. The SMILES string of the molecule is Cc1ccc(S(=O)(=O)N2C(=O)CC[C@H]2C(=O)N2CCN(C(=O)c3ccco3)CC2)cc1. The minimum atomic E-state index is -4.13. The average Bonchev–Trinajstić information content (AvgIpc) is 3.43. The molecule has 0 saturated carbocycles. The number of hydrogen-bond donors (Lipinski definition) is 0. The molecule has 9 nitrogen and oxygen atoms in total. The van der Waals surface area contributed by atoms with Crippen LogP contribution in [-0.4, -0.2) is 72.5 Å². The Kier molecular flexibility index (Phi) is 5.57. The van der Waals surface area contributed by atoms with Crippen LogP contribution in [0.3, 0.4) is 0 Å². The molecule has 0 bridgehead atoms. The van der Waals surface area contributed by atoms with Gasteiger partial charge in [0, 0.05) is 32.6 Å². The van der Waals surface area contributed by atoms with E-state index in [1.165, 1.54) is 23.3 Å². The van der Waals surface area contributed by atoms with Gasteiger partial charge in [0.15, 0.2) is 5.76 Å². The first-order valence-electron chi connectivity index (χ1n) is 10.0. The van der Waals surface area contributed by atoms with Crippen molar-refractivity contribution >= 4 is 27.7 Å². The first-order valence-corrected chi connectivity index (χ1v) is 11.5. The minimum Gasteiger partial charge on any atom is -0.459 e. The van der Waals surface area contributed by atoms with Crippen LogP contribution in [0.5, 0.6) is 0 Å². The third-order valence-corrected chi connectivity index (χ3v) is 7.48. The van der Waals surface area contributed by atoms with Crippen molar-refractivity contribution in [3.8, 4) is 0 Å². The fourth-order valence-electron chi connectivity index (χ4n) is 3.91. The Morgan fingerprint density at radius 3 is 2.26 bits per heavy atom. The highest BCUT2D eigenvalue weighted by Gasteiger charge is 2.46. The van der Waals surface area contributed by atoms with Crippen LogP contribution in [0.2, 0.25) is 0 Å². The number of furan rings is 1. The van der Waals surface area contributed by atoms with E-state index in [0.717, 1.165) is 9.87 Å². The number of nitrogens with zero attached hydrogens (tertiary/aromatic N) is 3. The maximum atomic E-state index is 13.1. The van der Waals surface area contributed by atoms with Crippen LogP contribution >= 0.6 is 0 Å². The number of rotatable bonds is 4. The molecule has 2 fully saturated rings. The number of aryl methyl sites for hydroxylation is 1. The molecule has 1 aromatic heterocycles. The summed E-state index contributed by atoms with van der Waals surface area (Å²) < 4.78 is 32.1. The van der Waals surface area contributed by atoms with Crippen LogP contribution in [-0.2, 0) is 19.6 Å². The van der Waals surface area contributed by atoms with E-state index in [4.69, 9.17) is 4.42 Å². The van der Waals surface area contributed by atoms with Crippen molar-refractivity contribution in [3.05, 3.63) is 54.0 Å². The van der Waals surface area contributed by atoms with Crippen LogP contribution in [0, 0.1) is 6.92 Å². The molecule has 164 valence electrons. The van der Waals surface area contributed by atoms with Gasteiger partial charge in [-0.3, -0.25) is 14.4 Å². The third-order valence-electron chi connectivity index (χ3n) is 5.63. The van der Waals surface area contributed by atoms with E-state index in [0.29, 0.717) is 13.1 Å². The first kappa shape index (κ1) is 21.1. The van der Waals surface area contributed by atoms with Crippen molar-refractivity contribution in [3.63, 3.8) is 0 Å². The highest BCUT2D eigenvalue weighted by Crippen LogP contribution is 2.29. The Balaban J connectivity index is 1.47. The quantitative estimate of drug-likeness (QED) is 0.701. The number of sulfonamides is 1. The Labute approximate surface area is 180 Å². The molecule has 0 unspecified atom stereocenters. The predicted octanol–water partition coefficient (Wildman–Crippen LogP) is 1.25. The van der Waals surface area contributed by atoms with E-state index in [-0.39, 0.29) is 42.5 Å². The van der Waals surface area contributed by atoms with Crippen LogP contribution < -0.4 is 0 Å². The lowest BCUT2D eigenvalue weighted by Gasteiger charge is -2.36. The molecule has 3 heterocycles. The van der Waals surface area contributed by atoms with Crippen molar-refractivity contribution in [1.29, 1.82) is 0 Å². The molecule has 0 aliphatic carbocycles. The van der Waals surface area contributed by atoms with E-state index < -0.39 is 27.9 Å². The van der Waals surface area contributed by atoms with E-state index in [1.54, 1.807) is 29.2 Å². The summed E-state index contributed by atoms with van der Waals surface area (Å²) in [5.41, 5.74) is 0.890. The number of benzene rings is 1. The number of carbonyl (C=O) groups excluding carboxylic acids is 3. The largest absolute Gasteiger partial charge is 0.459 e. The molecule has 31 heavy (non-hydrogen) atoms. The van der Waals surface area contributed by atoms with Gasteiger partial charge in [0.2, 0.25) is 11.8 Å². The van der Waals surface area contributed by atoms with E-state index in [9.17, 15) is 22.8 Å². The van der Waals surface area contributed by atoms with E-state index in [1.807, 2.05) is 6.92 Å². The molecular formula is C21H23N3O6S. The normalized spacial score (nSPS) is 19.7. The van der Waals surface area contributed by atoms with Gasteiger partial charge in [0.25, 0.3) is 15.9 Å². The van der Waals surface area contributed by atoms with E-state index >= 15 is 0 Å². The van der Waals surface area contributed by atoms with Crippen molar-refractivity contribution < 1.29 is 27.2 Å². The van der Waals surface area contributed by atoms with E-state index in [2.05, 4.69) is 0 Å². The average molecular weight is 445 g/mol. The van der Waals surface area contributed by atoms with Crippen molar-refractivity contribution in [2.45, 2.75) is 30.7 Å². The molecule has 10 heteroatoms. The number of amides is 3. The molecule has 2 aliphatic heterocycles. The van der Waals surface area contributed by atoms with Crippen LogP contribution in [0.25, 0.3) is 0 Å². The van der Waals surface area contributed by atoms with Crippen molar-refractivity contribution in [2.24, 2.45) is 0 Å². The molecule has 0 N–H and O–H groups in total. The molecule has 1 atom stereocenters. The Hall–Kier alpha value is -3.14. The van der Waals surface area contributed by atoms with Crippen molar-refractivity contribution in [2.75, 3.05) is 26.2 Å². The molecule has 0 radical (unpaired) electrons. The summed E-state index contributed by atoms with van der Waals surface area (Å²) in [6, 6.07) is 8.34. The second-order valence-corrected chi connectivity index (χ2v) is 9.47. The van der Waals surface area contributed by atoms with Gasteiger partial charge >= 0.3 is 0 Å². The smallest absolute Gasteiger partial charge is 0.289 e. The van der Waals surface area contributed by atoms with Gasteiger partial charge in [0.05, 0.1) is 11.2 Å². The molecule has 1 aromatic carbocycles. The number of hydrogen-bond acceptors (Lipinski definition) is 6. The zero-order valence-electron chi connectivity index (χ0n) is 17.1. The van der Waals surface area contributed by atoms with Gasteiger partial charge in [-0.25, -0.2) is 12.7 Å². The molecule has 4 rings (SSSR count). The number of carbonyl (C=O) groups is 3. The van der Waals surface area contributed by atoms with Gasteiger partial charge in [-0.05, 0) is 37.6 Å². The predicted molar refractivity (Wildman–Crippen MR) is 109 cm³/mol. The summed E-state index contributed by atoms with van der Waals surface area (Å²) >= 11 is 0. The first-order chi connectivity index (χ1) is 14.8. The van der Waals surface area contributed by atoms with Gasteiger partial charge in [-0.2, -0.15) is 0 Å². The molecular weight excluding hydrogens is 422 g/mol. The monoisotopic (exact) mass is 445 g/mol. The van der Waals surface area contributed by atoms with Crippen LogP contribution in [0.15, 0.2) is 52.0 Å².